The summed E-state index contributed by atoms with van der Waals surface area (Å²) in [7, 11) is 0. The molecule has 1 rings (SSSR count). The van der Waals surface area contributed by atoms with Gasteiger partial charge >= 0.3 is 0 Å². The van der Waals surface area contributed by atoms with Gasteiger partial charge in [-0.05, 0) is 31.4 Å². The monoisotopic (exact) mass is 233 g/mol. The van der Waals surface area contributed by atoms with Crippen LogP contribution < -0.4 is 5.32 Å². The van der Waals surface area contributed by atoms with Gasteiger partial charge in [0, 0.05) is 6.04 Å². The average Bonchev–Trinajstić information content (AvgIpc) is 2.38. The Hall–Kier alpha value is -1.28. The Morgan fingerprint density at radius 3 is 2.76 bits per heavy atom. The normalized spacial score (nSPS) is 12.1. The molecule has 1 unspecified atom stereocenters. The summed E-state index contributed by atoms with van der Waals surface area (Å²) in [5.74, 6) is 0. The summed E-state index contributed by atoms with van der Waals surface area (Å²) in [6.45, 7) is 7.49. The predicted molar refractivity (Wildman–Crippen MR) is 73.0 cm³/mol. The van der Waals surface area contributed by atoms with Gasteiger partial charge in [-0.25, -0.2) is 0 Å². The van der Waals surface area contributed by atoms with E-state index in [0.717, 1.165) is 32.4 Å². The summed E-state index contributed by atoms with van der Waals surface area (Å²) in [6.07, 6.45) is 4.77. The Morgan fingerprint density at radius 2 is 2.12 bits per heavy atom. The second kappa shape index (κ2) is 8.82. The third-order valence-corrected chi connectivity index (χ3v) is 2.81. The largest absolute Gasteiger partial charge is 0.502 e. The lowest BCUT2D eigenvalue weighted by Crippen LogP contribution is -2.31. The van der Waals surface area contributed by atoms with E-state index in [1.165, 1.54) is 11.8 Å². The van der Waals surface area contributed by atoms with E-state index in [2.05, 4.69) is 49.2 Å². The molecule has 0 heterocycles. The lowest BCUT2D eigenvalue weighted by molar-refractivity contribution is 0.242. The van der Waals surface area contributed by atoms with Gasteiger partial charge in [-0.15, -0.1) is 0 Å². The molecule has 94 valence electrons. The molecular formula is C15H23NO. The predicted octanol–water partition coefficient (Wildman–Crippen LogP) is 3.15. The summed E-state index contributed by atoms with van der Waals surface area (Å²) in [4.78, 5) is 0. The molecule has 2 heteroatoms. The van der Waals surface area contributed by atoms with E-state index < -0.39 is 0 Å². The highest BCUT2D eigenvalue weighted by molar-refractivity contribution is 5.15. The first-order valence-corrected chi connectivity index (χ1v) is 6.36. The van der Waals surface area contributed by atoms with Crippen molar-refractivity contribution in [2.24, 2.45) is 0 Å². The van der Waals surface area contributed by atoms with Crippen molar-refractivity contribution in [1.29, 1.82) is 0 Å². The molecule has 0 fully saturated rings. The molecule has 0 amide bonds. The van der Waals surface area contributed by atoms with Crippen LogP contribution in [0.15, 0.2) is 43.2 Å². The Balaban J connectivity index is 2.22. The van der Waals surface area contributed by atoms with Crippen LogP contribution in [0.25, 0.3) is 0 Å². The highest BCUT2D eigenvalue weighted by Crippen LogP contribution is 2.05. The summed E-state index contributed by atoms with van der Waals surface area (Å²) in [5.41, 5.74) is 1.40. The van der Waals surface area contributed by atoms with Crippen LogP contribution in [0.2, 0.25) is 0 Å². The van der Waals surface area contributed by atoms with Gasteiger partial charge in [0.1, 0.15) is 0 Å². The van der Waals surface area contributed by atoms with Crippen LogP contribution in [-0.4, -0.2) is 19.2 Å². The van der Waals surface area contributed by atoms with Crippen LogP contribution in [0.1, 0.15) is 25.3 Å². The fraction of sp³-hybridized carbons (Fsp3) is 0.467. The Bertz CT molecular complexity index is 297. The maximum atomic E-state index is 5.09. The Kier molecular flexibility index (Phi) is 7.15. The van der Waals surface area contributed by atoms with Crippen molar-refractivity contribution in [3.05, 3.63) is 48.7 Å². The minimum absolute atomic E-state index is 0.557. The highest BCUT2D eigenvalue weighted by Gasteiger charge is 2.05. The standard InChI is InChI=1S/C15H23NO/c1-3-15(16-11-8-12-17-4-2)13-14-9-6-5-7-10-14/h4-7,9-10,15-16H,2-3,8,11-13H2,1H3. The van der Waals surface area contributed by atoms with Gasteiger partial charge in [0.25, 0.3) is 0 Å². The number of rotatable bonds is 9. The van der Waals surface area contributed by atoms with Crippen molar-refractivity contribution in [3.8, 4) is 0 Å². The Labute approximate surface area is 105 Å². The topological polar surface area (TPSA) is 21.3 Å². The molecule has 0 saturated carbocycles. The van der Waals surface area contributed by atoms with Crippen LogP contribution in [0.5, 0.6) is 0 Å². The maximum Gasteiger partial charge on any atom is 0.0885 e. The van der Waals surface area contributed by atoms with Gasteiger partial charge in [0.2, 0.25) is 0 Å². The zero-order chi connectivity index (χ0) is 12.3. The quantitative estimate of drug-likeness (QED) is 0.522. The van der Waals surface area contributed by atoms with Crippen LogP contribution in [0.3, 0.4) is 0 Å². The van der Waals surface area contributed by atoms with E-state index in [0.29, 0.717) is 6.04 Å². The zero-order valence-corrected chi connectivity index (χ0v) is 10.7. The number of nitrogens with one attached hydrogen (secondary N) is 1. The van der Waals surface area contributed by atoms with Crippen LogP contribution in [0.4, 0.5) is 0 Å². The van der Waals surface area contributed by atoms with Gasteiger partial charge in [-0.2, -0.15) is 0 Å². The summed E-state index contributed by atoms with van der Waals surface area (Å²) in [5, 5.41) is 3.56. The maximum absolute atomic E-state index is 5.09. The van der Waals surface area contributed by atoms with Gasteiger partial charge in [-0.1, -0.05) is 43.8 Å². The van der Waals surface area contributed by atoms with Crippen molar-refractivity contribution in [1.82, 2.24) is 5.32 Å². The minimum Gasteiger partial charge on any atom is -0.502 e. The van der Waals surface area contributed by atoms with Crippen molar-refractivity contribution >= 4 is 0 Å². The van der Waals surface area contributed by atoms with Crippen LogP contribution in [0, 0.1) is 0 Å². The molecule has 1 atom stereocenters. The van der Waals surface area contributed by atoms with E-state index >= 15 is 0 Å². The van der Waals surface area contributed by atoms with Crippen molar-refractivity contribution < 1.29 is 4.74 Å². The van der Waals surface area contributed by atoms with Crippen molar-refractivity contribution in [2.45, 2.75) is 32.2 Å². The van der Waals surface area contributed by atoms with E-state index in [1.807, 2.05) is 0 Å². The number of hydrogen-bond donors (Lipinski definition) is 1. The lowest BCUT2D eigenvalue weighted by atomic mass is 10.0. The van der Waals surface area contributed by atoms with Crippen LogP contribution in [-0.2, 0) is 11.2 Å². The van der Waals surface area contributed by atoms with Gasteiger partial charge in [0.05, 0.1) is 12.9 Å². The fourth-order valence-electron chi connectivity index (χ4n) is 1.80. The Morgan fingerprint density at radius 1 is 1.35 bits per heavy atom. The molecule has 0 aromatic heterocycles. The summed E-state index contributed by atoms with van der Waals surface area (Å²) >= 11 is 0. The summed E-state index contributed by atoms with van der Waals surface area (Å²) in [6, 6.07) is 11.2. The van der Waals surface area contributed by atoms with E-state index in [9.17, 15) is 0 Å². The molecule has 0 radical (unpaired) electrons. The SMILES string of the molecule is C=COCCCNC(CC)Cc1ccccc1. The number of ether oxygens (including phenoxy) is 1. The van der Waals surface area contributed by atoms with E-state index in [4.69, 9.17) is 4.74 Å². The average molecular weight is 233 g/mol. The van der Waals surface area contributed by atoms with Crippen molar-refractivity contribution in [2.75, 3.05) is 13.2 Å². The molecule has 2 nitrogen and oxygen atoms in total. The van der Waals surface area contributed by atoms with Gasteiger partial charge in [0.15, 0.2) is 0 Å². The second-order valence-corrected chi connectivity index (χ2v) is 4.14. The van der Waals surface area contributed by atoms with Gasteiger partial charge < -0.3 is 10.1 Å². The second-order valence-electron chi connectivity index (χ2n) is 4.14. The summed E-state index contributed by atoms with van der Waals surface area (Å²) < 4.78 is 5.09. The molecule has 0 aliphatic carbocycles. The first-order valence-electron chi connectivity index (χ1n) is 6.36. The third-order valence-electron chi connectivity index (χ3n) is 2.81. The molecule has 1 aromatic carbocycles. The molecule has 1 aromatic rings. The molecule has 0 aliphatic heterocycles. The first-order chi connectivity index (χ1) is 8.36. The molecule has 17 heavy (non-hydrogen) atoms. The highest BCUT2D eigenvalue weighted by atomic mass is 16.5. The first kappa shape index (κ1) is 13.8. The third kappa shape index (κ3) is 6.12. The molecule has 0 saturated heterocycles. The molecule has 0 aliphatic rings. The number of benzene rings is 1. The van der Waals surface area contributed by atoms with E-state index in [-0.39, 0.29) is 0 Å². The molecular weight excluding hydrogens is 210 g/mol. The smallest absolute Gasteiger partial charge is 0.0885 e. The minimum atomic E-state index is 0.557. The number of hydrogen-bond acceptors (Lipinski definition) is 2. The fourth-order valence-corrected chi connectivity index (χ4v) is 1.80. The molecule has 0 bridgehead atoms. The van der Waals surface area contributed by atoms with Crippen molar-refractivity contribution in [3.63, 3.8) is 0 Å². The van der Waals surface area contributed by atoms with E-state index in [1.54, 1.807) is 0 Å². The molecule has 1 N–H and O–H groups in total. The van der Waals surface area contributed by atoms with Gasteiger partial charge in [-0.3, -0.25) is 0 Å². The van der Waals surface area contributed by atoms with Crippen LogP contribution >= 0.6 is 0 Å². The molecule has 0 spiro atoms. The zero-order valence-electron chi connectivity index (χ0n) is 10.7. The lowest BCUT2D eigenvalue weighted by Gasteiger charge is -2.16.